The summed E-state index contributed by atoms with van der Waals surface area (Å²) in [4.78, 5) is 10.4. The highest BCUT2D eigenvalue weighted by Crippen LogP contribution is 2.21. The highest BCUT2D eigenvalue weighted by molar-refractivity contribution is 9.10. The molecule has 0 spiro atoms. The fraction of sp³-hybridized carbons (Fsp3) is 0.182. The van der Waals surface area contributed by atoms with Crippen LogP contribution in [-0.2, 0) is 4.79 Å². The molecule has 0 aliphatic rings. The minimum atomic E-state index is -1.39. The van der Waals surface area contributed by atoms with E-state index in [4.69, 9.17) is 10.2 Å². The molecule has 3 nitrogen and oxygen atoms in total. The maximum atomic E-state index is 10.4. The molecule has 0 aromatic heterocycles. The fourth-order valence-corrected chi connectivity index (χ4v) is 1.55. The van der Waals surface area contributed by atoms with Gasteiger partial charge in [0.25, 0.3) is 0 Å². The van der Waals surface area contributed by atoms with Gasteiger partial charge in [-0.2, -0.15) is 0 Å². The van der Waals surface area contributed by atoms with Gasteiger partial charge in [0.1, 0.15) is 0 Å². The molecule has 2 N–H and O–H groups in total. The first-order chi connectivity index (χ1) is 7.00. The maximum absolute atomic E-state index is 10.4. The molecule has 1 aromatic rings. The van der Waals surface area contributed by atoms with Gasteiger partial charge in [0, 0.05) is 10.9 Å². The largest absolute Gasteiger partial charge is 0.479 e. The predicted molar refractivity (Wildman–Crippen MR) is 61.4 cm³/mol. The van der Waals surface area contributed by atoms with E-state index in [0.29, 0.717) is 5.57 Å². The van der Waals surface area contributed by atoms with Gasteiger partial charge >= 0.3 is 5.97 Å². The van der Waals surface area contributed by atoms with Crippen molar-refractivity contribution in [1.82, 2.24) is 0 Å². The third-order valence-electron chi connectivity index (χ3n) is 1.96. The second kappa shape index (κ2) is 5.09. The summed E-state index contributed by atoms with van der Waals surface area (Å²) < 4.78 is 0.894. The van der Waals surface area contributed by atoms with Gasteiger partial charge in [-0.3, -0.25) is 0 Å². The lowest BCUT2D eigenvalue weighted by atomic mass is 10.0. The van der Waals surface area contributed by atoms with Crippen molar-refractivity contribution < 1.29 is 15.0 Å². The molecule has 0 aliphatic carbocycles. The van der Waals surface area contributed by atoms with Crippen LogP contribution in [0.25, 0.3) is 5.57 Å². The molecule has 1 unspecified atom stereocenters. The average molecular weight is 271 g/mol. The Bertz CT molecular complexity index is 387. The third-order valence-corrected chi connectivity index (χ3v) is 2.45. The lowest BCUT2D eigenvalue weighted by molar-refractivity contribution is -0.146. The van der Waals surface area contributed by atoms with E-state index in [0.717, 1.165) is 10.0 Å². The number of rotatable bonds is 4. The van der Waals surface area contributed by atoms with Crippen molar-refractivity contribution in [3.8, 4) is 0 Å². The molecule has 1 rings (SSSR count). The van der Waals surface area contributed by atoms with Crippen molar-refractivity contribution in [3.63, 3.8) is 0 Å². The van der Waals surface area contributed by atoms with Gasteiger partial charge in [-0.25, -0.2) is 4.79 Å². The summed E-state index contributed by atoms with van der Waals surface area (Å²) in [5.41, 5.74) is 1.43. The van der Waals surface area contributed by atoms with Gasteiger partial charge in [0.15, 0.2) is 6.10 Å². The number of carboxylic acids is 1. The first-order valence-electron chi connectivity index (χ1n) is 4.35. The number of hydrogen-bond donors (Lipinski definition) is 2. The molecule has 4 heteroatoms. The molecule has 1 aromatic carbocycles. The van der Waals surface area contributed by atoms with E-state index < -0.39 is 12.1 Å². The zero-order chi connectivity index (χ0) is 11.4. The summed E-state index contributed by atoms with van der Waals surface area (Å²) >= 11 is 3.31. The number of aliphatic hydroxyl groups excluding tert-OH is 1. The van der Waals surface area contributed by atoms with Crippen LogP contribution in [0.15, 0.2) is 35.3 Å². The number of aliphatic carboxylic acids is 1. The molecule has 1 atom stereocenters. The molecular formula is C11H11BrO3. The van der Waals surface area contributed by atoms with Crippen LogP contribution in [0.1, 0.15) is 12.0 Å². The average Bonchev–Trinajstić information content (AvgIpc) is 2.17. The number of hydrogen-bond acceptors (Lipinski definition) is 2. The van der Waals surface area contributed by atoms with Crippen LogP contribution in [0, 0.1) is 0 Å². The van der Waals surface area contributed by atoms with Crippen molar-refractivity contribution in [2.75, 3.05) is 0 Å². The molecule has 0 amide bonds. The molecule has 0 saturated heterocycles. The Morgan fingerprint density at radius 1 is 1.53 bits per heavy atom. The van der Waals surface area contributed by atoms with Crippen LogP contribution in [0.3, 0.4) is 0 Å². The molecule has 0 aliphatic heterocycles. The lowest BCUT2D eigenvalue weighted by Crippen LogP contribution is -2.19. The smallest absolute Gasteiger partial charge is 0.332 e. The predicted octanol–water partition coefficient (Wildman–Crippen LogP) is 2.30. The van der Waals surface area contributed by atoms with Crippen LogP contribution in [0.4, 0.5) is 0 Å². The molecule has 0 saturated carbocycles. The van der Waals surface area contributed by atoms with Crippen molar-refractivity contribution >= 4 is 27.5 Å². The van der Waals surface area contributed by atoms with E-state index in [1.54, 1.807) is 0 Å². The topological polar surface area (TPSA) is 57.5 Å². The number of benzene rings is 1. The minimum Gasteiger partial charge on any atom is -0.479 e. The van der Waals surface area contributed by atoms with E-state index in [9.17, 15) is 4.79 Å². The standard InChI is InChI=1S/C11H11BrO3/c1-7(5-10(13)11(14)15)8-3-2-4-9(12)6-8/h2-4,6,10,13H,1,5H2,(H,14,15). The molecule has 0 radical (unpaired) electrons. The summed E-state index contributed by atoms with van der Waals surface area (Å²) in [6, 6.07) is 7.35. The number of halogens is 1. The van der Waals surface area contributed by atoms with E-state index in [-0.39, 0.29) is 6.42 Å². The SMILES string of the molecule is C=C(CC(O)C(=O)O)c1cccc(Br)c1. The Morgan fingerprint density at radius 3 is 2.73 bits per heavy atom. The monoisotopic (exact) mass is 270 g/mol. The first-order valence-corrected chi connectivity index (χ1v) is 5.14. The first kappa shape index (κ1) is 11.9. The van der Waals surface area contributed by atoms with Crippen LogP contribution < -0.4 is 0 Å². The number of carbonyl (C=O) groups is 1. The molecule has 0 heterocycles. The van der Waals surface area contributed by atoms with E-state index >= 15 is 0 Å². The van der Waals surface area contributed by atoms with Crippen molar-refractivity contribution in [2.24, 2.45) is 0 Å². The number of carboxylic acid groups (broad SMARTS) is 1. The highest BCUT2D eigenvalue weighted by Gasteiger charge is 2.14. The fourth-order valence-electron chi connectivity index (χ4n) is 1.15. The molecule has 0 bridgehead atoms. The second-order valence-electron chi connectivity index (χ2n) is 3.17. The molecule has 15 heavy (non-hydrogen) atoms. The quantitative estimate of drug-likeness (QED) is 0.883. The van der Waals surface area contributed by atoms with Crippen LogP contribution in [0.5, 0.6) is 0 Å². The zero-order valence-corrected chi connectivity index (χ0v) is 9.57. The van der Waals surface area contributed by atoms with Gasteiger partial charge < -0.3 is 10.2 Å². The normalized spacial score (nSPS) is 12.1. The minimum absolute atomic E-state index is 0.0335. The summed E-state index contributed by atoms with van der Waals surface area (Å²) in [5.74, 6) is -1.23. The van der Waals surface area contributed by atoms with E-state index in [1.807, 2.05) is 24.3 Å². The van der Waals surface area contributed by atoms with E-state index in [1.165, 1.54) is 0 Å². The Labute approximate surface area is 96.2 Å². The third kappa shape index (κ3) is 3.49. The van der Waals surface area contributed by atoms with Gasteiger partial charge in [0.2, 0.25) is 0 Å². The zero-order valence-electron chi connectivity index (χ0n) is 7.98. The van der Waals surface area contributed by atoms with Gasteiger partial charge in [-0.1, -0.05) is 34.6 Å². The molecular weight excluding hydrogens is 260 g/mol. The van der Waals surface area contributed by atoms with Gasteiger partial charge in [-0.05, 0) is 23.3 Å². The van der Waals surface area contributed by atoms with Crippen LogP contribution >= 0.6 is 15.9 Å². The summed E-state index contributed by atoms with van der Waals surface area (Å²) in [6.07, 6.45) is -1.36. The molecule has 80 valence electrons. The number of aliphatic hydroxyl groups is 1. The Morgan fingerprint density at radius 2 is 2.20 bits per heavy atom. The second-order valence-corrected chi connectivity index (χ2v) is 4.09. The summed E-state index contributed by atoms with van der Waals surface area (Å²) in [7, 11) is 0. The lowest BCUT2D eigenvalue weighted by Gasteiger charge is -2.08. The summed E-state index contributed by atoms with van der Waals surface area (Å²) in [5, 5.41) is 17.7. The van der Waals surface area contributed by atoms with Crippen LogP contribution in [0.2, 0.25) is 0 Å². The maximum Gasteiger partial charge on any atom is 0.332 e. The summed E-state index contributed by atoms with van der Waals surface area (Å²) in [6.45, 7) is 3.74. The van der Waals surface area contributed by atoms with Crippen molar-refractivity contribution in [1.29, 1.82) is 0 Å². The van der Waals surface area contributed by atoms with Gasteiger partial charge in [-0.15, -0.1) is 0 Å². The van der Waals surface area contributed by atoms with Gasteiger partial charge in [0.05, 0.1) is 0 Å². The van der Waals surface area contributed by atoms with Crippen LogP contribution in [-0.4, -0.2) is 22.3 Å². The van der Waals surface area contributed by atoms with Crippen molar-refractivity contribution in [2.45, 2.75) is 12.5 Å². The van der Waals surface area contributed by atoms with Crippen molar-refractivity contribution in [3.05, 3.63) is 40.9 Å². The Hall–Kier alpha value is -1.13. The highest BCUT2D eigenvalue weighted by atomic mass is 79.9. The molecule has 0 fully saturated rings. The van der Waals surface area contributed by atoms with E-state index in [2.05, 4.69) is 22.5 Å². The Kier molecular flexibility index (Phi) is 4.05. The Balaban J connectivity index is 2.73.